The van der Waals surface area contributed by atoms with E-state index in [2.05, 4.69) is 15.3 Å². The number of nitrogens with one attached hydrogen (secondary N) is 1. The van der Waals surface area contributed by atoms with E-state index in [-0.39, 0.29) is 36.3 Å². The number of anilines is 1. The third-order valence-electron chi connectivity index (χ3n) is 4.53. The molecule has 8 nitrogen and oxygen atoms in total. The maximum absolute atomic E-state index is 12.8. The van der Waals surface area contributed by atoms with Crippen LogP contribution in [0.4, 0.5) is 5.82 Å². The minimum atomic E-state index is -0.522. The van der Waals surface area contributed by atoms with Crippen LogP contribution in [0.25, 0.3) is 5.69 Å². The van der Waals surface area contributed by atoms with Crippen molar-refractivity contribution in [2.24, 2.45) is 0 Å². The second kappa shape index (κ2) is 8.75. The Labute approximate surface area is 170 Å². The fourth-order valence-electron chi connectivity index (χ4n) is 3.67. The highest BCUT2D eigenvalue weighted by Gasteiger charge is 2.32. The molecule has 1 aromatic heterocycles. The van der Waals surface area contributed by atoms with Gasteiger partial charge in [-0.3, -0.25) is 9.69 Å². The fourth-order valence-corrected chi connectivity index (χ4v) is 3.67. The summed E-state index contributed by atoms with van der Waals surface area (Å²) < 4.78 is 12.6. The van der Waals surface area contributed by atoms with Crippen LogP contribution in [0, 0.1) is 0 Å². The molecular weight excluding hydrogens is 372 g/mol. The summed E-state index contributed by atoms with van der Waals surface area (Å²) in [5.74, 6) is -0.440. The normalized spacial score (nSPS) is 19.0. The number of nitrogens with zero attached hydrogens (tertiary/aromatic N) is 3. The van der Waals surface area contributed by atoms with Crippen molar-refractivity contribution in [1.29, 1.82) is 0 Å². The Kier molecular flexibility index (Phi) is 6.34. The molecule has 156 valence electrons. The van der Waals surface area contributed by atoms with Crippen LogP contribution in [0.3, 0.4) is 0 Å². The molecule has 1 aliphatic heterocycles. The third kappa shape index (κ3) is 5.21. The first-order valence-corrected chi connectivity index (χ1v) is 9.79. The Bertz CT molecular complexity index is 863. The molecule has 1 saturated heterocycles. The molecule has 0 aliphatic carbocycles. The standard InChI is InChI=1S/C21H28N4O4/c1-5-28-20(27)17-11-22-25(16-9-7-6-8-10-16)19(17)23-18(26)13-24-12-15(2)29-21(3,4)14-24/h6-11,15H,5,12-14H2,1-4H3,(H,23,26). The molecule has 1 aromatic carbocycles. The SMILES string of the molecule is CCOC(=O)c1cnn(-c2ccccc2)c1NC(=O)CN1CC(C)OC(C)(C)C1. The first-order valence-electron chi connectivity index (χ1n) is 9.79. The molecule has 2 aromatic rings. The summed E-state index contributed by atoms with van der Waals surface area (Å²) in [6, 6.07) is 9.32. The number of amides is 1. The van der Waals surface area contributed by atoms with E-state index in [1.54, 1.807) is 6.92 Å². The van der Waals surface area contributed by atoms with Gasteiger partial charge in [-0.1, -0.05) is 18.2 Å². The van der Waals surface area contributed by atoms with Gasteiger partial charge < -0.3 is 14.8 Å². The Morgan fingerprint density at radius 3 is 2.69 bits per heavy atom. The molecule has 2 heterocycles. The maximum Gasteiger partial charge on any atom is 0.343 e. The molecule has 0 spiro atoms. The van der Waals surface area contributed by atoms with E-state index in [9.17, 15) is 9.59 Å². The van der Waals surface area contributed by atoms with Gasteiger partial charge in [-0.2, -0.15) is 5.10 Å². The second-order valence-electron chi connectivity index (χ2n) is 7.78. The molecule has 1 amide bonds. The van der Waals surface area contributed by atoms with Crippen LogP contribution in [0.2, 0.25) is 0 Å². The number of benzene rings is 1. The molecule has 1 unspecified atom stereocenters. The van der Waals surface area contributed by atoms with E-state index in [0.717, 1.165) is 5.69 Å². The summed E-state index contributed by atoms with van der Waals surface area (Å²) in [7, 11) is 0. The van der Waals surface area contributed by atoms with Crippen molar-refractivity contribution in [3.63, 3.8) is 0 Å². The maximum atomic E-state index is 12.8. The molecule has 0 saturated carbocycles. The largest absolute Gasteiger partial charge is 0.462 e. The number of aromatic nitrogens is 2. The Balaban J connectivity index is 1.82. The van der Waals surface area contributed by atoms with Crippen molar-refractivity contribution < 1.29 is 19.1 Å². The fraction of sp³-hybridized carbons (Fsp3) is 0.476. The summed E-state index contributed by atoms with van der Waals surface area (Å²) in [5.41, 5.74) is 0.638. The van der Waals surface area contributed by atoms with E-state index < -0.39 is 5.97 Å². The number of carbonyl (C=O) groups is 2. The third-order valence-corrected chi connectivity index (χ3v) is 4.53. The van der Waals surface area contributed by atoms with Crippen LogP contribution in [-0.4, -0.2) is 64.5 Å². The zero-order chi connectivity index (χ0) is 21.0. The van der Waals surface area contributed by atoms with Crippen LogP contribution in [0.5, 0.6) is 0 Å². The van der Waals surface area contributed by atoms with Crippen LogP contribution in [-0.2, 0) is 14.3 Å². The predicted octanol–water partition coefficient (Wildman–Crippen LogP) is 2.49. The molecule has 3 rings (SSSR count). The highest BCUT2D eigenvalue weighted by Crippen LogP contribution is 2.23. The number of hydrogen-bond acceptors (Lipinski definition) is 6. The van der Waals surface area contributed by atoms with Crippen molar-refractivity contribution >= 4 is 17.7 Å². The number of ether oxygens (including phenoxy) is 2. The monoisotopic (exact) mass is 400 g/mol. The number of rotatable bonds is 6. The van der Waals surface area contributed by atoms with E-state index >= 15 is 0 Å². The van der Waals surface area contributed by atoms with Gasteiger partial charge in [0.25, 0.3) is 0 Å². The lowest BCUT2D eigenvalue weighted by atomic mass is 10.1. The minimum Gasteiger partial charge on any atom is -0.462 e. The van der Waals surface area contributed by atoms with Crippen molar-refractivity contribution in [3.05, 3.63) is 42.1 Å². The summed E-state index contributed by atoms with van der Waals surface area (Å²) in [6.45, 7) is 9.50. The van der Waals surface area contributed by atoms with Gasteiger partial charge in [0.15, 0.2) is 5.82 Å². The average Bonchev–Trinajstić information content (AvgIpc) is 3.04. The molecule has 1 fully saturated rings. The number of hydrogen-bond donors (Lipinski definition) is 1. The summed E-state index contributed by atoms with van der Waals surface area (Å²) in [6.07, 6.45) is 1.46. The highest BCUT2D eigenvalue weighted by atomic mass is 16.5. The van der Waals surface area contributed by atoms with Crippen molar-refractivity contribution in [3.8, 4) is 5.69 Å². The molecule has 0 bridgehead atoms. The second-order valence-corrected chi connectivity index (χ2v) is 7.78. The van der Waals surface area contributed by atoms with Gasteiger partial charge in [-0.15, -0.1) is 0 Å². The average molecular weight is 400 g/mol. The highest BCUT2D eigenvalue weighted by molar-refractivity contribution is 6.01. The molecule has 1 aliphatic rings. The van der Waals surface area contributed by atoms with Gasteiger partial charge in [0.05, 0.1) is 36.7 Å². The van der Waals surface area contributed by atoms with Crippen LogP contribution in [0.1, 0.15) is 38.1 Å². The van der Waals surface area contributed by atoms with Crippen molar-refractivity contribution in [2.45, 2.75) is 39.4 Å². The first-order chi connectivity index (χ1) is 13.8. The van der Waals surface area contributed by atoms with Gasteiger partial charge in [0.2, 0.25) is 5.91 Å². The van der Waals surface area contributed by atoms with Crippen molar-refractivity contribution in [1.82, 2.24) is 14.7 Å². The lowest BCUT2D eigenvalue weighted by Crippen LogP contribution is -2.53. The molecular formula is C21H28N4O4. The molecule has 0 radical (unpaired) electrons. The van der Waals surface area contributed by atoms with Gasteiger partial charge in [-0.05, 0) is 39.8 Å². The van der Waals surface area contributed by atoms with E-state index in [4.69, 9.17) is 9.47 Å². The van der Waals surface area contributed by atoms with E-state index in [0.29, 0.717) is 18.9 Å². The van der Waals surface area contributed by atoms with Crippen LogP contribution >= 0.6 is 0 Å². The Morgan fingerprint density at radius 2 is 2.03 bits per heavy atom. The summed E-state index contributed by atoms with van der Waals surface area (Å²) in [4.78, 5) is 27.2. The molecule has 29 heavy (non-hydrogen) atoms. The first kappa shape index (κ1) is 21.0. The molecule has 1 N–H and O–H groups in total. The predicted molar refractivity (Wildman–Crippen MR) is 109 cm³/mol. The topological polar surface area (TPSA) is 85.7 Å². The number of morpholine rings is 1. The summed E-state index contributed by atoms with van der Waals surface area (Å²) >= 11 is 0. The van der Waals surface area contributed by atoms with Crippen LogP contribution < -0.4 is 5.32 Å². The van der Waals surface area contributed by atoms with Crippen molar-refractivity contribution in [2.75, 3.05) is 31.6 Å². The van der Waals surface area contributed by atoms with E-state index in [1.165, 1.54) is 10.9 Å². The minimum absolute atomic E-state index is 0.0384. The van der Waals surface area contributed by atoms with Gasteiger partial charge >= 0.3 is 5.97 Å². The van der Waals surface area contributed by atoms with E-state index in [1.807, 2.05) is 51.1 Å². The zero-order valence-electron chi connectivity index (χ0n) is 17.3. The Hall–Kier alpha value is -2.71. The number of esters is 1. The molecule has 8 heteroatoms. The number of carbonyl (C=O) groups excluding carboxylic acids is 2. The van der Waals surface area contributed by atoms with Gasteiger partial charge in [0, 0.05) is 13.1 Å². The zero-order valence-corrected chi connectivity index (χ0v) is 17.3. The quantitative estimate of drug-likeness (QED) is 0.750. The lowest BCUT2D eigenvalue weighted by molar-refractivity contribution is -0.136. The lowest BCUT2D eigenvalue weighted by Gasteiger charge is -2.41. The number of para-hydroxylation sites is 1. The van der Waals surface area contributed by atoms with Gasteiger partial charge in [-0.25, -0.2) is 9.48 Å². The van der Waals surface area contributed by atoms with Crippen LogP contribution in [0.15, 0.2) is 36.5 Å². The Morgan fingerprint density at radius 1 is 1.31 bits per heavy atom. The summed E-state index contributed by atoms with van der Waals surface area (Å²) in [5, 5.41) is 7.16. The smallest absolute Gasteiger partial charge is 0.343 e. The molecule has 1 atom stereocenters. The van der Waals surface area contributed by atoms with Gasteiger partial charge in [0.1, 0.15) is 5.56 Å².